The molecule has 19 heavy (non-hydrogen) atoms. The number of nitrogens with zero attached hydrogens (tertiary/aromatic N) is 4. The molecule has 1 aromatic heterocycles. The highest BCUT2D eigenvalue weighted by Crippen LogP contribution is 2.24. The van der Waals surface area contributed by atoms with E-state index in [1.807, 2.05) is 37.4 Å². The van der Waals surface area contributed by atoms with Crippen LogP contribution in [-0.4, -0.2) is 26.8 Å². The van der Waals surface area contributed by atoms with Gasteiger partial charge in [0.2, 0.25) is 5.16 Å². The van der Waals surface area contributed by atoms with Gasteiger partial charge < -0.3 is 0 Å². The minimum Gasteiger partial charge on any atom is -0.187 e. The summed E-state index contributed by atoms with van der Waals surface area (Å²) in [7, 11) is 0. The molecule has 0 N–H and O–H groups in total. The minimum atomic E-state index is 0.704. The summed E-state index contributed by atoms with van der Waals surface area (Å²) < 4.78 is 1.78. The van der Waals surface area contributed by atoms with Crippen LogP contribution in [0.15, 0.2) is 34.5 Å². The summed E-state index contributed by atoms with van der Waals surface area (Å²) in [4.78, 5) is 0. The minimum absolute atomic E-state index is 0.704. The van der Waals surface area contributed by atoms with E-state index in [-0.39, 0.29) is 0 Å². The molecule has 6 heteroatoms. The Labute approximate surface area is 121 Å². The first kappa shape index (κ1) is 14.1. The molecule has 1 aromatic carbocycles. The first-order chi connectivity index (χ1) is 9.26. The van der Waals surface area contributed by atoms with E-state index in [1.54, 1.807) is 16.4 Å². The third kappa shape index (κ3) is 3.36. The summed E-state index contributed by atoms with van der Waals surface area (Å²) in [5.74, 6) is 1.66. The van der Waals surface area contributed by atoms with Crippen molar-refractivity contribution in [3.63, 3.8) is 0 Å². The molecule has 0 atom stereocenters. The van der Waals surface area contributed by atoms with Crippen LogP contribution in [0.2, 0.25) is 5.02 Å². The average Bonchev–Trinajstić information content (AvgIpc) is 2.81. The highest BCUT2D eigenvalue weighted by molar-refractivity contribution is 7.99. The summed E-state index contributed by atoms with van der Waals surface area (Å²) >= 11 is 7.52. The molecule has 0 fully saturated rings. The first-order valence-corrected chi connectivity index (χ1v) is 7.49. The molecule has 0 aliphatic carbocycles. The van der Waals surface area contributed by atoms with Crippen LogP contribution in [0.25, 0.3) is 11.4 Å². The van der Waals surface area contributed by atoms with Crippen molar-refractivity contribution < 1.29 is 0 Å². The van der Waals surface area contributed by atoms with E-state index in [0.717, 1.165) is 28.7 Å². The normalized spacial score (nSPS) is 11.3. The lowest BCUT2D eigenvalue weighted by Crippen LogP contribution is -1.96. The molecular formula is C13H15ClN4S. The summed E-state index contributed by atoms with van der Waals surface area (Å²) in [6, 6.07) is 7.52. The fourth-order valence-electron chi connectivity index (χ4n) is 1.53. The average molecular weight is 295 g/mol. The Morgan fingerprint density at radius 1 is 1.26 bits per heavy atom. The van der Waals surface area contributed by atoms with E-state index in [9.17, 15) is 0 Å². The predicted molar refractivity (Wildman–Crippen MR) is 81.0 cm³/mol. The highest BCUT2D eigenvalue weighted by atomic mass is 35.5. The predicted octanol–water partition coefficient (Wildman–Crippen LogP) is 3.95. The second-order valence-electron chi connectivity index (χ2n) is 3.76. The maximum absolute atomic E-state index is 5.90. The molecular weight excluding hydrogens is 280 g/mol. The molecule has 0 aliphatic heterocycles. The van der Waals surface area contributed by atoms with Crippen LogP contribution in [-0.2, 0) is 0 Å². The second kappa shape index (κ2) is 6.73. The summed E-state index contributed by atoms with van der Waals surface area (Å²) in [5.41, 5.74) is 0.952. The van der Waals surface area contributed by atoms with Gasteiger partial charge in [-0.2, -0.15) is 9.78 Å². The van der Waals surface area contributed by atoms with Gasteiger partial charge in [-0.1, -0.05) is 37.2 Å². The van der Waals surface area contributed by atoms with E-state index in [0.29, 0.717) is 5.02 Å². The summed E-state index contributed by atoms with van der Waals surface area (Å²) in [5, 5.41) is 14.3. The number of thioether (sulfide) groups is 1. The van der Waals surface area contributed by atoms with Gasteiger partial charge in [-0.15, -0.1) is 10.2 Å². The molecule has 2 aromatic rings. The Kier molecular flexibility index (Phi) is 4.99. The number of aromatic nitrogens is 3. The zero-order chi connectivity index (χ0) is 13.7. The molecule has 100 valence electrons. The van der Waals surface area contributed by atoms with Crippen LogP contribution in [0.1, 0.15) is 20.3 Å². The number of hydrogen-bond donors (Lipinski definition) is 0. The number of halogens is 1. The fourth-order valence-corrected chi connectivity index (χ4v) is 2.27. The lowest BCUT2D eigenvalue weighted by Gasteiger charge is -2.03. The molecule has 0 aliphatic rings. The van der Waals surface area contributed by atoms with Crippen molar-refractivity contribution in [2.75, 3.05) is 5.75 Å². The Balaban J connectivity index is 2.44. The molecule has 0 radical (unpaired) electrons. The second-order valence-corrected chi connectivity index (χ2v) is 5.43. The monoisotopic (exact) mass is 294 g/mol. The van der Waals surface area contributed by atoms with Gasteiger partial charge >= 0.3 is 0 Å². The van der Waals surface area contributed by atoms with Gasteiger partial charge in [-0.05, 0) is 36.4 Å². The van der Waals surface area contributed by atoms with Crippen molar-refractivity contribution in [1.29, 1.82) is 0 Å². The Bertz CT molecular complexity index is 563. The van der Waals surface area contributed by atoms with Gasteiger partial charge in [0.05, 0.1) is 0 Å². The third-order valence-electron chi connectivity index (χ3n) is 2.37. The molecule has 4 nitrogen and oxygen atoms in total. The van der Waals surface area contributed by atoms with Gasteiger partial charge in [0.1, 0.15) is 0 Å². The van der Waals surface area contributed by atoms with Gasteiger partial charge in [-0.3, -0.25) is 0 Å². The fraction of sp³-hybridized carbons (Fsp3) is 0.308. The molecule has 0 spiro atoms. The van der Waals surface area contributed by atoms with E-state index in [2.05, 4.69) is 22.2 Å². The van der Waals surface area contributed by atoms with Gasteiger partial charge in [0.25, 0.3) is 0 Å². The van der Waals surface area contributed by atoms with Gasteiger partial charge in [0, 0.05) is 16.8 Å². The zero-order valence-corrected chi connectivity index (χ0v) is 12.4. The van der Waals surface area contributed by atoms with Gasteiger partial charge in [0.15, 0.2) is 5.82 Å². The van der Waals surface area contributed by atoms with Gasteiger partial charge in [-0.25, -0.2) is 0 Å². The van der Waals surface area contributed by atoms with E-state index >= 15 is 0 Å². The SMILES string of the molecule is CCC=Nn1c(SCC)nnc1-c1ccc(Cl)cc1. The van der Waals surface area contributed by atoms with Crippen molar-refractivity contribution in [2.24, 2.45) is 5.10 Å². The number of hydrogen-bond acceptors (Lipinski definition) is 4. The van der Waals surface area contributed by atoms with Crippen molar-refractivity contribution >= 4 is 29.6 Å². The Hall–Kier alpha value is -1.33. The zero-order valence-electron chi connectivity index (χ0n) is 10.9. The topological polar surface area (TPSA) is 43.1 Å². The van der Waals surface area contributed by atoms with Crippen molar-refractivity contribution in [1.82, 2.24) is 14.9 Å². The van der Waals surface area contributed by atoms with E-state index in [4.69, 9.17) is 11.6 Å². The third-order valence-corrected chi connectivity index (χ3v) is 3.42. The maximum Gasteiger partial charge on any atom is 0.212 e. The Morgan fingerprint density at radius 2 is 2.00 bits per heavy atom. The first-order valence-electron chi connectivity index (χ1n) is 6.13. The molecule has 0 saturated carbocycles. The Morgan fingerprint density at radius 3 is 2.63 bits per heavy atom. The van der Waals surface area contributed by atoms with Crippen molar-refractivity contribution in [3.8, 4) is 11.4 Å². The molecule has 2 rings (SSSR count). The largest absolute Gasteiger partial charge is 0.212 e. The quantitative estimate of drug-likeness (QED) is 0.619. The van der Waals surface area contributed by atoms with E-state index < -0.39 is 0 Å². The number of rotatable bonds is 5. The summed E-state index contributed by atoms with van der Waals surface area (Å²) in [6.07, 6.45) is 2.72. The van der Waals surface area contributed by atoms with Crippen LogP contribution in [0.4, 0.5) is 0 Å². The molecule has 0 saturated heterocycles. The lowest BCUT2D eigenvalue weighted by molar-refractivity contribution is 0.770. The molecule has 0 unspecified atom stereocenters. The van der Waals surface area contributed by atoms with Crippen LogP contribution in [0.3, 0.4) is 0 Å². The lowest BCUT2D eigenvalue weighted by atomic mass is 10.2. The smallest absolute Gasteiger partial charge is 0.187 e. The molecule has 0 bridgehead atoms. The standard InChI is InChI=1S/C13H15ClN4S/c1-3-9-15-18-12(16-17-13(18)19-4-2)10-5-7-11(14)8-6-10/h5-9H,3-4H2,1-2H3. The van der Waals surface area contributed by atoms with Crippen molar-refractivity contribution in [2.45, 2.75) is 25.4 Å². The number of benzene rings is 1. The van der Waals surface area contributed by atoms with Crippen LogP contribution in [0.5, 0.6) is 0 Å². The van der Waals surface area contributed by atoms with Crippen molar-refractivity contribution in [3.05, 3.63) is 29.3 Å². The molecule has 1 heterocycles. The van der Waals surface area contributed by atoms with E-state index in [1.165, 1.54) is 0 Å². The highest BCUT2D eigenvalue weighted by Gasteiger charge is 2.13. The molecule has 0 amide bonds. The van der Waals surface area contributed by atoms with Crippen LogP contribution >= 0.6 is 23.4 Å². The maximum atomic E-state index is 5.90. The summed E-state index contributed by atoms with van der Waals surface area (Å²) in [6.45, 7) is 4.12. The van der Waals surface area contributed by atoms with Crippen LogP contribution < -0.4 is 0 Å². The van der Waals surface area contributed by atoms with Crippen LogP contribution in [0, 0.1) is 0 Å².